The summed E-state index contributed by atoms with van der Waals surface area (Å²) >= 11 is 0. The van der Waals surface area contributed by atoms with Crippen LogP contribution in [-0.4, -0.2) is 30.1 Å². The summed E-state index contributed by atoms with van der Waals surface area (Å²) in [4.78, 5) is 11.2. The van der Waals surface area contributed by atoms with Crippen molar-refractivity contribution >= 4 is 5.91 Å². The summed E-state index contributed by atoms with van der Waals surface area (Å²) in [6.45, 7) is -0.962. The smallest absolute Gasteiger partial charge is 0.265 e. The number of hydrogen-bond donors (Lipinski definition) is 2. The summed E-state index contributed by atoms with van der Waals surface area (Å²) in [5, 5.41) is 10.3. The molecule has 0 bridgehead atoms. The molecular weight excluding hydrogens is 280 g/mol. The van der Waals surface area contributed by atoms with Crippen LogP contribution in [-0.2, 0) is 0 Å². The summed E-state index contributed by atoms with van der Waals surface area (Å²) in [5.74, 6) is -9.52. The van der Waals surface area contributed by atoms with Gasteiger partial charge < -0.3 is 10.4 Å². The van der Waals surface area contributed by atoms with Crippen LogP contribution >= 0.6 is 0 Å². The fourth-order valence-electron chi connectivity index (χ4n) is 1.12. The van der Waals surface area contributed by atoms with Crippen molar-refractivity contribution in [1.29, 1.82) is 0 Å². The van der Waals surface area contributed by atoms with Crippen LogP contribution in [0.25, 0.3) is 0 Å². The molecule has 0 aliphatic carbocycles. The predicted octanol–water partition coefficient (Wildman–Crippen LogP) is 1.60. The van der Waals surface area contributed by atoms with E-state index in [-0.39, 0.29) is 6.07 Å². The fourth-order valence-corrected chi connectivity index (χ4v) is 1.12. The van der Waals surface area contributed by atoms with E-state index < -0.39 is 53.8 Å². The Morgan fingerprint density at radius 1 is 1.16 bits per heavy atom. The Labute approximate surface area is 102 Å². The number of carbonyl (C=O) groups excluding carboxylic acids is 1. The van der Waals surface area contributed by atoms with Gasteiger partial charge in [-0.1, -0.05) is 0 Å². The number of carbonyl (C=O) groups is 1. The van der Waals surface area contributed by atoms with Gasteiger partial charge in [-0.25, -0.2) is 26.3 Å². The molecule has 1 amide bonds. The van der Waals surface area contributed by atoms with Crippen molar-refractivity contribution in [1.82, 2.24) is 5.32 Å². The van der Waals surface area contributed by atoms with Crippen molar-refractivity contribution in [3.05, 3.63) is 34.9 Å². The predicted molar refractivity (Wildman–Crippen MR) is 50.6 cm³/mol. The van der Waals surface area contributed by atoms with Gasteiger partial charge in [-0.3, -0.25) is 4.79 Å². The van der Waals surface area contributed by atoms with Gasteiger partial charge >= 0.3 is 0 Å². The number of rotatable bonds is 4. The third-order valence-electron chi connectivity index (χ3n) is 2.11. The summed E-state index contributed by atoms with van der Waals surface area (Å²) in [6, 6.07) is 0.0812. The lowest BCUT2D eigenvalue weighted by atomic mass is 10.1. The Balaban J connectivity index is 2.89. The van der Waals surface area contributed by atoms with E-state index in [1.165, 1.54) is 0 Å². The number of amides is 1. The van der Waals surface area contributed by atoms with Crippen molar-refractivity contribution in [2.75, 3.05) is 6.54 Å². The number of nitrogens with one attached hydrogen (secondary N) is 1. The van der Waals surface area contributed by atoms with Crippen LogP contribution < -0.4 is 5.32 Å². The number of aliphatic hydroxyl groups excluding tert-OH is 1. The Morgan fingerprint density at radius 3 is 2.26 bits per heavy atom. The average Bonchev–Trinajstić information content (AvgIpc) is 2.37. The second kappa shape index (κ2) is 5.91. The standard InChI is InChI=1S/C10H7F6NO2/c11-4-1-3(6(12)8(14)7(4)13)10(19)17-2-5(18)9(15)16/h1,5,9,18H,2H2,(H,17,19). The summed E-state index contributed by atoms with van der Waals surface area (Å²) < 4.78 is 75.1. The largest absolute Gasteiger partial charge is 0.385 e. The van der Waals surface area contributed by atoms with E-state index in [9.17, 15) is 31.1 Å². The molecule has 1 atom stereocenters. The first-order valence-corrected chi connectivity index (χ1v) is 4.83. The lowest BCUT2D eigenvalue weighted by molar-refractivity contribution is -0.00272. The van der Waals surface area contributed by atoms with Gasteiger partial charge in [0.05, 0.1) is 5.56 Å². The number of aliphatic hydroxyl groups is 1. The first-order chi connectivity index (χ1) is 8.75. The topological polar surface area (TPSA) is 49.3 Å². The minimum Gasteiger partial charge on any atom is -0.385 e. The molecule has 1 rings (SSSR count). The molecule has 0 aliphatic rings. The zero-order valence-corrected chi connectivity index (χ0v) is 9.06. The molecule has 1 aromatic rings. The van der Waals surface area contributed by atoms with E-state index in [0.29, 0.717) is 0 Å². The molecule has 1 aromatic carbocycles. The molecule has 0 heterocycles. The first kappa shape index (κ1) is 15.3. The molecule has 0 spiro atoms. The van der Waals surface area contributed by atoms with Crippen LogP contribution in [0.15, 0.2) is 6.07 Å². The van der Waals surface area contributed by atoms with Crippen LogP contribution in [0.5, 0.6) is 0 Å². The zero-order chi connectivity index (χ0) is 14.7. The Morgan fingerprint density at radius 2 is 1.74 bits per heavy atom. The van der Waals surface area contributed by atoms with E-state index in [0.717, 1.165) is 0 Å². The zero-order valence-electron chi connectivity index (χ0n) is 9.06. The van der Waals surface area contributed by atoms with E-state index in [2.05, 4.69) is 0 Å². The van der Waals surface area contributed by atoms with E-state index in [4.69, 9.17) is 5.11 Å². The monoisotopic (exact) mass is 287 g/mol. The highest BCUT2D eigenvalue weighted by atomic mass is 19.3. The maximum absolute atomic E-state index is 13.1. The van der Waals surface area contributed by atoms with Crippen molar-refractivity contribution in [2.45, 2.75) is 12.5 Å². The summed E-state index contributed by atoms with van der Waals surface area (Å²) in [5.41, 5.74) is -1.20. The van der Waals surface area contributed by atoms with E-state index in [1.807, 2.05) is 0 Å². The van der Waals surface area contributed by atoms with Gasteiger partial charge in [0.1, 0.15) is 6.10 Å². The maximum Gasteiger partial charge on any atom is 0.265 e. The molecule has 0 saturated carbocycles. The highest BCUT2D eigenvalue weighted by Crippen LogP contribution is 2.18. The quantitative estimate of drug-likeness (QED) is 0.502. The number of benzene rings is 1. The van der Waals surface area contributed by atoms with E-state index >= 15 is 0 Å². The van der Waals surface area contributed by atoms with Gasteiger partial charge in [-0.2, -0.15) is 0 Å². The molecule has 3 nitrogen and oxygen atoms in total. The second-order valence-corrected chi connectivity index (χ2v) is 3.46. The lowest BCUT2D eigenvalue weighted by Gasteiger charge is -2.11. The van der Waals surface area contributed by atoms with Gasteiger partial charge in [-0.05, 0) is 6.07 Å². The molecule has 1 unspecified atom stereocenters. The Hall–Kier alpha value is -1.77. The molecule has 0 aliphatic heterocycles. The Bertz CT molecular complexity index is 493. The highest BCUT2D eigenvalue weighted by Gasteiger charge is 2.24. The molecule has 0 aromatic heterocycles. The van der Waals surface area contributed by atoms with Gasteiger partial charge in [-0.15, -0.1) is 0 Å². The third-order valence-corrected chi connectivity index (χ3v) is 2.11. The fraction of sp³-hybridized carbons (Fsp3) is 0.300. The van der Waals surface area contributed by atoms with Crippen LogP contribution in [0, 0.1) is 23.3 Å². The van der Waals surface area contributed by atoms with Gasteiger partial charge in [0.25, 0.3) is 12.3 Å². The van der Waals surface area contributed by atoms with Crippen LogP contribution in [0.2, 0.25) is 0 Å². The molecule has 0 fully saturated rings. The van der Waals surface area contributed by atoms with Gasteiger partial charge in [0.15, 0.2) is 23.3 Å². The van der Waals surface area contributed by atoms with Crippen LogP contribution in [0.3, 0.4) is 0 Å². The molecule has 19 heavy (non-hydrogen) atoms. The molecular formula is C10H7F6NO2. The third kappa shape index (κ3) is 3.37. The number of hydrogen-bond acceptors (Lipinski definition) is 2. The van der Waals surface area contributed by atoms with Gasteiger partial charge in [0.2, 0.25) is 0 Å². The van der Waals surface area contributed by atoms with Crippen molar-refractivity contribution in [3.8, 4) is 0 Å². The molecule has 2 N–H and O–H groups in total. The highest BCUT2D eigenvalue weighted by molar-refractivity contribution is 5.94. The number of halogens is 6. The number of alkyl halides is 2. The van der Waals surface area contributed by atoms with E-state index in [1.54, 1.807) is 5.32 Å². The van der Waals surface area contributed by atoms with Crippen LogP contribution in [0.4, 0.5) is 26.3 Å². The van der Waals surface area contributed by atoms with Crippen molar-refractivity contribution in [3.63, 3.8) is 0 Å². The van der Waals surface area contributed by atoms with Gasteiger partial charge in [0, 0.05) is 6.54 Å². The Kier molecular flexibility index (Phi) is 4.76. The second-order valence-electron chi connectivity index (χ2n) is 3.46. The van der Waals surface area contributed by atoms with Crippen LogP contribution in [0.1, 0.15) is 10.4 Å². The summed E-state index contributed by atoms with van der Waals surface area (Å²) in [7, 11) is 0. The minimum absolute atomic E-state index is 0.0812. The normalized spacial score (nSPS) is 12.6. The van der Waals surface area contributed by atoms with Crippen molar-refractivity contribution in [2.24, 2.45) is 0 Å². The molecule has 0 saturated heterocycles. The lowest BCUT2D eigenvalue weighted by Crippen LogP contribution is -2.36. The molecule has 0 radical (unpaired) electrons. The average molecular weight is 287 g/mol. The van der Waals surface area contributed by atoms with Crippen molar-refractivity contribution < 1.29 is 36.2 Å². The SMILES string of the molecule is O=C(NCC(O)C(F)F)c1cc(F)c(F)c(F)c1F. The summed E-state index contributed by atoms with van der Waals surface area (Å²) in [6.07, 6.45) is -5.38. The maximum atomic E-state index is 13.1. The molecule has 106 valence electrons. The minimum atomic E-state index is -3.16. The molecule has 9 heteroatoms. The first-order valence-electron chi connectivity index (χ1n) is 4.83.